The zero-order valence-electron chi connectivity index (χ0n) is 16.1. The lowest BCUT2D eigenvalue weighted by atomic mass is 10.1. The van der Waals surface area contributed by atoms with Gasteiger partial charge in [-0.1, -0.05) is 11.6 Å². The summed E-state index contributed by atoms with van der Waals surface area (Å²) in [5, 5.41) is 13.9. The van der Waals surface area contributed by atoms with Crippen molar-refractivity contribution < 1.29 is 14.1 Å². The number of nitrogens with zero attached hydrogens (tertiary/aromatic N) is 2. The lowest BCUT2D eigenvalue weighted by molar-refractivity contribution is -0.384. The van der Waals surface area contributed by atoms with E-state index in [0.29, 0.717) is 33.3 Å². The molecule has 0 aliphatic rings. The third-order valence-corrected chi connectivity index (χ3v) is 5.13. The number of nitro benzene ring substituents is 1. The van der Waals surface area contributed by atoms with Crippen molar-refractivity contribution in [2.75, 3.05) is 5.32 Å². The number of aromatic nitrogens is 1. The van der Waals surface area contributed by atoms with Gasteiger partial charge in [-0.05, 0) is 67.4 Å². The van der Waals surface area contributed by atoms with Crippen molar-refractivity contribution in [1.29, 1.82) is 0 Å². The van der Waals surface area contributed by atoms with Gasteiger partial charge in [0.15, 0.2) is 5.58 Å². The maximum absolute atomic E-state index is 12.5. The molecule has 1 amide bonds. The van der Waals surface area contributed by atoms with Crippen molar-refractivity contribution in [3.05, 3.63) is 86.4 Å². The highest BCUT2D eigenvalue weighted by Gasteiger charge is 2.15. The summed E-state index contributed by atoms with van der Waals surface area (Å²) in [7, 11) is 0. The molecule has 0 spiro atoms. The van der Waals surface area contributed by atoms with Crippen LogP contribution in [0.5, 0.6) is 0 Å². The molecule has 1 aromatic heterocycles. The molecule has 0 bridgehead atoms. The summed E-state index contributed by atoms with van der Waals surface area (Å²) in [6.45, 7) is 4.00. The van der Waals surface area contributed by atoms with Crippen molar-refractivity contribution >= 4 is 40.0 Å². The van der Waals surface area contributed by atoms with Crippen LogP contribution in [0.2, 0.25) is 5.02 Å². The monoisotopic (exact) mass is 421 g/mol. The Morgan fingerprint density at radius 1 is 1.07 bits per heavy atom. The van der Waals surface area contributed by atoms with Gasteiger partial charge in [-0.2, -0.15) is 0 Å². The van der Waals surface area contributed by atoms with Crippen LogP contribution >= 0.6 is 11.6 Å². The van der Waals surface area contributed by atoms with E-state index in [0.717, 1.165) is 16.6 Å². The number of halogens is 1. The van der Waals surface area contributed by atoms with Gasteiger partial charge >= 0.3 is 0 Å². The van der Waals surface area contributed by atoms with Crippen molar-refractivity contribution in [2.24, 2.45) is 0 Å². The molecule has 3 aromatic carbocycles. The molecule has 0 saturated heterocycles. The fourth-order valence-electron chi connectivity index (χ4n) is 3.00. The maximum atomic E-state index is 12.5. The summed E-state index contributed by atoms with van der Waals surface area (Å²) >= 11 is 6.34. The van der Waals surface area contributed by atoms with E-state index in [4.69, 9.17) is 16.0 Å². The van der Waals surface area contributed by atoms with Crippen LogP contribution in [0.25, 0.3) is 22.6 Å². The van der Waals surface area contributed by atoms with Crippen LogP contribution in [0, 0.1) is 24.0 Å². The number of nitro groups is 1. The van der Waals surface area contributed by atoms with Crippen LogP contribution in [-0.4, -0.2) is 15.8 Å². The second-order valence-electron chi connectivity index (χ2n) is 6.88. The van der Waals surface area contributed by atoms with Crippen molar-refractivity contribution in [1.82, 2.24) is 4.98 Å². The van der Waals surface area contributed by atoms with Gasteiger partial charge in [-0.25, -0.2) is 4.98 Å². The predicted octanol–water partition coefficient (Wildman–Crippen LogP) is 5.93. The highest BCUT2D eigenvalue weighted by molar-refractivity contribution is 6.33. The molecule has 8 heteroatoms. The summed E-state index contributed by atoms with van der Waals surface area (Å²) in [4.78, 5) is 27.3. The Bertz CT molecular complexity index is 1260. The lowest BCUT2D eigenvalue weighted by Gasteiger charge is -2.07. The summed E-state index contributed by atoms with van der Waals surface area (Å²) < 4.78 is 5.88. The first kappa shape index (κ1) is 19.6. The van der Waals surface area contributed by atoms with Gasteiger partial charge in [0.2, 0.25) is 5.89 Å². The number of carbonyl (C=O) groups is 1. The largest absolute Gasteiger partial charge is 0.436 e. The van der Waals surface area contributed by atoms with Gasteiger partial charge in [-0.3, -0.25) is 14.9 Å². The molecule has 7 nitrogen and oxygen atoms in total. The number of nitrogens with one attached hydrogen (secondary N) is 1. The summed E-state index contributed by atoms with van der Waals surface area (Å²) in [6.07, 6.45) is 0. The number of hydrogen-bond donors (Lipinski definition) is 1. The molecule has 0 saturated carbocycles. The number of fused-ring (bicyclic) bond motifs is 1. The van der Waals surface area contributed by atoms with Crippen LogP contribution in [0.1, 0.15) is 21.5 Å². The van der Waals surface area contributed by atoms with Gasteiger partial charge in [0, 0.05) is 23.4 Å². The molecule has 0 aliphatic heterocycles. The molecule has 0 aliphatic carbocycles. The predicted molar refractivity (Wildman–Crippen MR) is 115 cm³/mol. The summed E-state index contributed by atoms with van der Waals surface area (Å²) in [6, 6.07) is 14.2. The van der Waals surface area contributed by atoms with Crippen LogP contribution in [-0.2, 0) is 0 Å². The van der Waals surface area contributed by atoms with E-state index in [-0.39, 0.29) is 5.69 Å². The number of benzene rings is 3. The normalized spacial score (nSPS) is 10.9. The van der Waals surface area contributed by atoms with Gasteiger partial charge in [0.05, 0.1) is 15.5 Å². The average Bonchev–Trinajstić information content (AvgIpc) is 3.12. The summed E-state index contributed by atoms with van der Waals surface area (Å²) in [5.41, 5.74) is 4.84. The average molecular weight is 422 g/mol. The van der Waals surface area contributed by atoms with Crippen LogP contribution in [0.15, 0.2) is 59.0 Å². The Kier molecular flexibility index (Phi) is 4.97. The second-order valence-corrected chi connectivity index (χ2v) is 7.28. The third kappa shape index (κ3) is 3.75. The van der Waals surface area contributed by atoms with E-state index in [1.165, 1.54) is 24.3 Å². The van der Waals surface area contributed by atoms with E-state index in [9.17, 15) is 14.9 Å². The smallest absolute Gasteiger partial charge is 0.269 e. The number of anilines is 1. The zero-order valence-corrected chi connectivity index (χ0v) is 16.9. The quantitative estimate of drug-likeness (QED) is 0.325. The molecular weight excluding hydrogens is 406 g/mol. The van der Waals surface area contributed by atoms with E-state index < -0.39 is 10.8 Å². The number of amides is 1. The fraction of sp³-hybridized carbons (Fsp3) is 0.0909. The number of aryl methyl sites for hydroxylation is 2. The molecule has 150 valence electrons. The molecule has 0 unspecified atom stereocenters. The van der Waals surface area contributed by atoms with Gasteiger partial charge < -0.3 is 9.73 Å². The molecule has 0 fully saturated rings. The number of hydrogen-bond acceptors (Lipinski definition) is 5. The van der Waals surface area contributed by atoms with Crippen LogP contribution in [0.3, 0.4) is 0 Å². The van der Waals surface area contributed by atoms with Crippen LogP contribution < -0.4 is 5.32 Å². The summed E-state index contributed by atoms with van der Waals surface area (Å²) in [5.74, 6) is -0.0478. The van der Waals surface area contributed by atoms with Gasteiger partial charge in [0.25, 0.3) is 11.6 Å². The highest BCUT2D eigenvalue weighted by Crippen LogP contribution is 2.33. The zero-order chi connectivity index (χ0) is 21.4. The van der Waals surface area contributed by atoms with E-state index in [1.54, 1.807) is 18.2 Å². The Labute approximate surface area is 176 Å². The number of carbonyl (C=O) groups excluding carboxylic acids is 1. The first-order valence-corrected chi connectivity index (χ1v) is 9.43. The van der Waals surface area contributed by atoms with Gasteiger partial charge in [-0.15, -0.1) is 0 Å². The second kappa shape index (κ2) is 7.61. The minimum Gasteiger partial charge on any atom is -0.436 e. The number of non-ortho nitro benzene ring substituents is 1. The maximum Gasteiger partial charge on any atom is 0.269 e. The minimum atomic E-state index is -0.517. The van der Waals surface area contributed by atoms with E-state index >= 15 is 0 Å². The van der Waals surface area contributed by atoms with Crippen molar-refractivity contribution in [3.63, 3.8) is 0 Å². The Morgan fingerprint density at radius 3 is 2.47 bits per heavy atom. The van der Waals surface area contributed by atoms with E-state index in [2.05, 4.69) is 10.3 Å². The Hall–Kier alpha value is -3.71. The molecule has 4 aromatic rings. The fourth-order valence-corrected chi connectivity index (χ4v) is 3.20. The lowest BCUT2D eigenvalue weighted by Crippen LogP contribution is -2.11. The highest BCUT2D eigenvalue weighted by atomic mass is 35.5. The molecular formula is C22H16ClN3O4. The van der Waals surface area contributed by atoms with Gasteiger partial charge in [0.1, 0.15) is 5.52 Å². The topological polar surface area (TPSA) is 98.3 Å². The third-order valence-electron chi connectivity index (χ3n) is 4.80. The van der Waals surface area contributed by atoms with Crippen LogP contribution in [0.4, 0.5) is 11.4 Å². The molecule has 1 N–H and O–H groups in total. The Morgan fingerprint density at radius 2 is 1.77 bits per heavy atom. The molecule has 4 rings (SSSR count). The number of rotatable bonds is 4. The SMILES string of the molecule is Cc1cc2nc(-c3cc(NC(=O)c4ccc([N+](=O)[O-])cc4)ccc3Cl)oc2cc1C. The van der Waals surface area contributed by atoms with Crippen molar-refractivity contribution in [2.45, 2.75) is 13.8 Å². The molecule has 0 atom stereocenters. The van der Waals surface area contributed by atoms with E-state index in [1.807, 2.05) is 26.0 Å². The first-order chi connectivity index (χ1) is 14.3. The standard InChI is InChI=1S/C22H16ClN3O4/c1-12-9-19-20(10-13(12)2)30-22(25-19)17-11-15(5-8-18(17)23)24-21(27)14-3-6-16(7-4-14)26(28)29/h3-11H,1-2H3,(H,24,27). The molecule has 0 radical (unpaired) electrons. The molecule has 30 heavy (non-hydrogen) atoms. The minimum absolute atomic E-state index is 0.0817. The Balaban J connectivity index is 1.63. The molecule has 1 heterocycles. The first-order valence-electron chi connectivity index (χ1n) is 9.05. The van der Waals surface area contributed by atoms with Crippen molar-refractivity contribution in [3.8, 4) is 11.5 Å². The number of oxazole rings is 1.